The molecule has 6 rings (SSSR count). The smallest absolute Gasteiger partial charge is 0.246 e. The molecule has 4 heterocycles. The van der Waals surface area contributed by atoms with E-state index in [0.29, 0.717) is 29.7 Å². The number of aromatic amines is 1. The van der Waals surface area contributed by atoms with Crippen LogP contribution in [0.25, 0.3) is 10.9 Å². The number of likely N-dealkylation sites (tertiary alicyclic amines) is 1. The lowest BCUT2D eigenvalue weighted by atomic mass is 9.99. The lowest BCUT2D eigenvalue weighted by Crippen LogP contribution is -2.68. The fourth-order valence-corrected chi connectivity index (χ4v) is 10.4. The Kier molecular flexibility index (Phi) is 18.2. The van der Waals surface area contributed by atoms with Gasteiger partial charge in [-0.25, -0.2) is 0 Å². The quantitative estimate of drug-likeness (QED) is 0.0294. The van der Waals surface area contributed by atoms with Crippen molar-refractivity contribution in [2.75, 3.05) is 38.5 Å². The van der Waals surface area contributed by atoms with Crippen LogP contribution in [0.5, 0.6) is 0 Å². The highest BCUT2D eigenvalue weighted by atomic mass is 32.2. The van der Waals surface area contributed by atoms with E-state index in [4.69, 9.17) is 22.9 Å². The highest BCUT2D eigenvalue weighted by Gasteiger charge is 2.47. The molecule has 3 fully saturated rings. The molecule has 3 aromatic rings. The molecule has 0 radical (unpaired) electrons. The van der Waals surface area contributed by atoms with Crippen molar-refractivity contribution in [2.24, 2.45) is 33.8 Å². The first-order valence-corrected chi connectivity index (χ1v) is 24.5. The Labute approximate surface area is 409 Å². The number of para-hydroxylation sites is 1. The molecule has 0 bridgehead atoms. The molecule has 3 saturated heterocycles. The lowest BCUT2D eigenvalue weighted by Gasteiger charge is -2.48. The van der Waals surface area contributed by atoms with Crippen LogP contribution < -0.4 is 44.2 Å². The van der Waals surface area contributed by atoms with Crippen LogP contribution >= 0.6 is 11.8 Å². The minimum atomic E-state index is -1.36. The molecule has 70 heavy (non-hydrogen) atoms. The summed E-state index contributed by atoms with van der Waals surface area (Å²) in [6.45, 7) is 2.98. The number of nitrogens with one attached hydrogen (secondary N) is 5. The van der Waals surface area contributed by atoms with Crippen LogP contribution in [-0.2, 0) is 51.2 Å². The largest absolute Gasteiger partial charge is 0.394 e. The second kappa shape index (κ2) is 24.2. The van der Waals surface area contributed by atoms with E-state index in [0.717, 1.165) is 10.9 Å². The third-order valence-corrected chi connectivity index (χ3v) is 13.9. The molecule has 3 aliphatic heterocycles. The average molecular weight is 988 g/mol. The van der Waals surface area contributed by atoms with Gasteiger partial charge in [0.25, 0.3) is 0 Å². The van der Waals surface area contributed by atoms with Gasteiger partial charge in [-0.15, -0.1) is 11.8 Å². The van der Waals surface area contributed by atoms with E-state index in [-0.39, 0.29) is 69.5 Å². The number of aliphatic imine (C=N–C) groups is 1. The normalized spacial score (nSPS) is 20.8. The molecular weight excluding hydrogens is 923 g/mol. The van der Waals surface area contributed by atoms with Crippen molar-refractivity contribution in [3.05, 3.63) is 71.9 Å². The van der Waals surface area contributed by atoms with Gasteiger partial charge in [0.1, 0.15) is 36.3 Å². The molecule has 8 atom stereocenters. The average Bonchev–Trinajstić information content (AvgIpc) is 3.99. The number of guanidine groups is 1. The maximum absolute atomic E-state index is 14.6. The number of fused-ring (bicyclic) bond motifs is 2. The van der Waals surface area contributed by atoms with E-state index in [9.17, 15) is 43.5 Å². The highest BCUT2D eigenvalue weighted by molar-refractivity contribution is 8.00. The van der Waals surface area contributed by atoms with E-state index in [1.807, 2.05) is 38.1 Å². The molecule has 1 aromatic heterocycles. The molecule has 14 N–H and O–H groups in total. The van der Waals surface area contributed by atoms with Crippen molar-refractivity contribution in [1.82, 2.24) is 41.0 Å². The van der Waals surface area contributed by atoms with Crippen molar-refractivity contribution in [2.45, 2.75) is 106 Å². The van der Waals surface area contributed by atoms with Crippen molar-refractivity contribution < 1.29 is 43.5 Å². The van der Waals surface area contributed by atoms with Crippen LogP contribution in [0.2, 0.25) is 0 Å². The SMILES string of the molecule is CC(C)C[C@H](NC(=O)[C@H](Cc1c[nH]c2ccccc12)NC(=O)CN1CC2SC[C@H](N)C(=O)N2[C@@H](CCCN=C(N)N)C1=O)C(=O)N[C@@H](Cc1ccccc1)C(=O)N1CCC[C@H]1C(=O)N[C@@H](CO)C(N)=O. The first-order valence-electron chi connectivity index (χ1n) is 23.5. The molecule has 23 heteroatoms. The number of thioether (sulfide) groups is 1. The summed E-state index contributed by atoms with van der Waals surface area (Å²) in [7, 11) is 0. The standard InChI is InChI=1S/C47H65N13O9S/c1-26(2)18-32(41(64)56-34(19-27-10-4-3-5-11-27)45(68)59-17-9-15-36(59)43(66)57-35(24-61)40(49)63)55-42(65)33(20-28-21-53-31-13-7-6-12-29(28)31)54-38(62)22-58-23-39-60(44(67)30(48)25-70-39)37(46(58)69)14-8-16-52-47(50)51/h3-7,10-13,21,26,30,32-37,39,53,61H,8-9,14-20,22-25,48H2,1-2H3,(H2,49,63)(H,54,62)(H,55,65)(H,56,64)(H,57,66)(H4,50,51,52)/t30-,32-,33-,34-,35-,36-,37-,39?/m0/s1. The van der Waals surface area contributed by atoms with Gasteiger partial charge in [-0.05, 0) is 55.2 Å². The Hall–Kier alpha value is -6.72. The van der Waals surface area contributed by atoms with Gasteiger partial charge in [-0.2, -0.15) is 0 Å². The zero-order valence-electron chi connectivity index (χ0n) is 39.4. The first-order chi connectivity index (χ1) is 33.4. The van der Waals surface area contributed by atoms with Crippen LogP contribution in [0.15, 0.2) is 65.8 Å². The zero-order valence-corrected chi connectivity index (χ0v) is 40.2. The van der Waals surface area contributed by atoms with Gasteiger partial charge in [-0.1, -0.05) is 62.4 Å². The molecule has 378 valence electrons. The van der Waals surface area contributed by atoms with E-state index < -0.39 is 102 Å². The first kappa shape index (κ1) is 52.6. The number of nitrogens with two attached hydrogens (primary N) is 4. The van der Waals surface area contributed by atoms with Crippen LogP contribution in [0.3, 0.4) is 0 Å². The summed E-state index contributed by atoms with van der Waals surface area (Å²) >= 11 is 1.41. The lowest BCUT2D eigenvalue weighted by molar-refractivity contribution is -0.155. The third kappa shape index (κ3) is 13.3. The number of hydrogen-bond acceptors (Lipinski definition) is 12. The van der Waals surface area contributed by atoms with Crippen LogP contribution in [-0.4, -0.2) is 164 Å². The Morgan fingerprint density at radius 2 is 1.57 bits per heavy atom. The van der Waals surface area contributed by atoms with Gasteiger partial charge < -0.3 is 69.0 Å². The van der Waals surface area contributed by atoms with Gasteiger partial charge >= 0.3 is 0 Å². The minimum Gasteiger partial charge on any atom is -0.394 e. The fourth-order valence-electron chi connectivity index (χ4n) is 9.12. The topological polar surface area (TPSA) is 347 Å². The molecule has 8 amide bonds. The fraction of sp³-hybridized carbons (Fsp3) is 0.511. The number of amides is 8. The van der Waals surface area contributed by atoms with Crippen molar-refractivity contribution >= 4 is 75.9 Å². The summed E-state index contributed by atoms with van der Waals surface area (Å²) < 4.78 is 0. The van der Waals surface area contributed by atoms with Crippen molar-refractivity contribution in [3.63, 3.8) is 0 Å². The molecule has 0 saturated carbocycles. The summed E-state index contributed by atoms with van der Waals surface area (Å²) in [6, 6.07) is 8.60. The van der Waals surface area contributed by atoms with E-state index >= 15 is 0 Å². The number of aliphatic hydroxyl groups is 1. The Morgan fingerprint density at radius 3 is 2.27 bits per heavy atom. The molecule has 0 spiro atoms. The zero-order chi connectivity index (χ0) is 50.6. The van der Waals surface area contributed by atoms with Crippen molar-refractivity contribution in [1.29, 1.82) is 0 Å². The Bertz CT molecular complexity index is 2410. The molecule has 0 aliphatic carbocycles. The van der Waals surface area contributed by atoms with E-state index in [1.54, 1.807) is 36.5 Å². The second-order valence-electron chi connectivity index (χ2n) is 18.3. The maximum Gasteiger partial charge on any atom is 0.246 e. The van der Waals surface area contributed by atoms with Crippen LogP contribution in [0.1, 0.15) is 57.1 Å². The summed E-state index contributed by atoms with van der Waals surface area (Å²) in [6.07, 6.45) is 3.16. The molecular formula is C47H65N13O9S. The monoisotopic (exact) mass is 987 g/mol. The molecule has 22 nitrogen and oxygen atoms in total. The van der Waals surface area contributed by atoms with Gasteiger partial charge in [0.15, 0.2) is 5.96 Å². The number of carbonyl (C=O) groups excluding carboxylic acids is 8. The number of primary amides is 1. The van der Waals surface area contributed by atoms with Crippen LogP contribution in [0, 0.1) is 5.92 Å². The summed E-state index contributed by atoms with van der Waals surface area (Å²) in [5.41, 5.74) is 24.6. The molecule has 2 aromatic carbocycles. The summed E-state index contributed by atoms with van der Waals surface area (Å²) in [4.78, 5) is 122. The highest BCUT2D eigenvalue weighted by Crippen LogP contribution is 2.32. The van der Waals surface area contributed by atoms with E-state index in [2.05, 4.69) is 31.2 Å². The number of H-pyrrole nitrogens is 1. The van der Waals surface area contributed by atoms with Gasteiger partial charge in [0.2, 0.25) is 47.3 Å². The van der Waals surface area contributed by atoms with Gasteiger partial charge in [0, 0.05) is 48.8 Å². The number of carbonyl (C=O) groups is 8. The number of nitrogens with zero attached hydrogens (tertiary/aromatic N) is 4. The third-order valence-electron chi connectivity index (χ3n) is 12.6. The summed E-state index contributed by atoms with van der Waals surface area (Å²) in [5.74, 6) is -5.00. The predicted octanol–water partition coefficient (Wildman–Crippen LogP) is -2.10. The van der Waals surface area contributed by atoms with Gasteiger partial charge in [-0.3, -0.25) is 43.3 Å². The van der Waals surface area contributed by atoms with Gasteiger partial charge in [0.05, 0.1) is 31.1 Å². The van der Waals surface area contributed by atoms with Crippen LogP contribution in [0.4, 0.5) is 0 Å². The number of aromatic nitrogens is 1. The predicted molar refractivity (Wildman–Crippen MR) is 262 cm³/mol. The number of hydrogen-bond donors (Lipinski definition) is 10. The van der Waals surface area contributed by atoms with E-state index in [1.165, 1.54) is 26.5 Å². The number of aliphatic hydroxyl groups excluding tert-OH is 1. The van der Waals surface area contributed by atoms with Crippen molar-refractivity contribution in [3.8, 4) is 0 Å². The summed E-state index contributed by atoms with van der Waals surface area (Å²) in [5, 5.41) is 20.9. The number of rotatable bonds is 22. The number of piperazine rings is 1. The minimum absolute atomic E-state index is 0.0158. The maximum atomic E-state index is 14.6. The Morgan fingerprint density at radius 1 is 0.871 bits per heavy atom. The Balaban J connectivity index is 1.23. The number of benzene rings is 2. The molecule has 3 aliphatic rings. The molecule has 1 unspecified atom stereocenters. The second-order valence-corrected chi connectivity index (χ2v) is 19.5.